The van der Waals surface area contributed by atoms with Gasteiger partial charge in [-0.1, -0.05) is 36.4 Å². The Kier molecular flexibility index (Phi) is 6.22. The lowest BCUT2D eigenvalue weighted by atomic mass is 10.1. The molecule has 35 heavy (non-hydrogen) atoms. The summed E-state index contributed by atoms with van der Waals surface area (Å²) in [6.07, 6.45) is 6.80. The molecule has 8 heteroatoms. The van der Waals surface area contributed by atoms with Crippen LogP contribution in [0.15, 0.2) is 84.8 Å². The van der Waals surface area contributed by atoms with Gasteiger partial charge in [0.25, 0.3) is 5.91 Å². The Balaban J connectivity index is 1.45. The maximum atomic E-state index is 12.9. The summed E-state index contributed by atoms with van der Waals surface area (Å²) >= 11 is 0. The minimum atomic E-state index is -0.543. The normalized spacial score (nSPS) is 12.6. The Hall–Kier alpha value is -4.90. The first-order valence-corrected chi connectivity index (χ1v) is 11.0. The molecule has 0 bridgehead atoms. The molecule has 1 aliphatic rings. The van der Waals surface area contributed by atoms with E-state index in [4.69, 9.17) is 9.47 Å². The zero-order valence-electron chi connectivity index (χ0n) is 18.7. The molecule has 1 aliphatic heterocycles. The van der Waals surface area contributed by atoms with Crippen molar-refractivity contribution in [2.45, 2.75) is 6.54 Å². The van der Waals surface area contributed by atoms with E-state index in [1.807, 2.05) is 54.7 Å². The lowest BCUT2D eigenvalue weighted by Gasteiger charge is -2.18. The molecule has 1 amide bonds. The van der Waals surface area contributed by atoms with Gasteiger partial charge in [-0.05, 0) is 29.8 Å². The van der Waals surface area contributed by atoms with Crippen molar-refractivity contribution in [1.29, 1.82) is 5.26 Å². The molecule has 0 saturated heterocycles. The molecule has 0 radical (unpaired) electrons. The molecule has 4 aromatic rings. The average Bonchev–Trinajstić information content (AvgIpc) is 3.30. The highest BCUT2D eigenvalue weighted by Gasteiger charge is 2.17. The summed E-state index contributed by atoms with van der Waals surface area (Å²) < 4.78 is 12.9. The van der Waals surface area contributed by atoms with Gasteiger partial charge in [-0.2, -0.15) is 10.4 Å². The van der Waals surface area contributed by atoms with Crippen molar-refractivity contribution in [3.63, 3.8) is 0 Å². The fourth-order valence-corrected chi connectivity index (χ4v) is 3.74. The summed E-state index contributed by atoms with van der Waals surface area (Å²) in [6, 6.07) is 20.8. The number of amides is 1. The molecule has 0 spiro atoms. The van der Waals surface area contributed by atoms with Crippen molar-refractivity contribution in [2.24, 2.45) is 0 Å². The third-order valence-corrected chi connectivity index (χ3v) is 5.40. The summed E-state index contributed by atoms with van der Waals surface area (Å²) in [4.78, 5) is 17.1. The van der Waals surface area contributed by atoms with Crippen LogP contribution in [0.25, 0.3) is 17.2 Å². The molecule has 8 nitrogen and oxygen atoms in total. The van der Waals surface area contributed by atoms with E-state index in [-0.39, 0.29) is 5.57 Å². The van der Waals surface area contributed by atoms with Crippen LogP contribution in [0.2, 0.25) is 0 Å². The van der Waals surface area contributed by atoms with Crippen LogP contribution in [0, 0.1) is 11.3 Å². The number of nitrogens with one attached hydrogen (secondary N) is 1. The second-order valence-electron chi connectivity index (χ2n) is 7.84. The van der Waals surface area contributed by atoms with Gasteiger partial charge in [-0.15, -0.1) is 0 Å². The SMILES string of the molecule is N#C/C(=C\c1nn(Cc2ccccc2)cc1-c1cccnc1)C(=O)Nc1ccc2c(c1)OCCO2. The fourth-order valence-electron chi connectivity index (χ4n) is 3.74. The first-order chi connectivity index (χ1) is 17.2. The molecule has 0 aliphatic carbocycles. The number of hydrogen-bond donors (Lipinski definition) is 1. The highest BCUT2D eigenvalue weighted by atomic mass is 16.6. The Morgan fingerprint density at radius 1 is 1.09 bits per heavy atom. The van der Waals surface area contributed by atoms with Gasteiger partial charge in [0, 0.05) is 41.5 Å². The number of benzene rings is 2. The number of ether oxygens (including phenoxy) is 2. The largest absolute Gasteiger partial charge is 0.486 e. The molecule has 0 atom stereocenters. The van der Waals surface area contributed by atoms with E-state index in [0.29, 0.717) is 42.6 Å². The number of pyridine rings is 1. The number of aromatic nitrogens is 3. The number of nitriles is 1. The van der Waals surface area contributed by atoms with E-state index >= 15 is 0 Å². The standard InChI is InChI=1S/C27H21N5O3/c28-15-21(27(33)30-22-8-9-25-26(14-22)35-12-11-34-25)13-24-23(20-7-4-10-29-16-20)18-32(31-24)17-19-5-2-1-3-6-19/h1-10,13-14,16,18H,11-12,17H2,(H,30,33)/b21-13+. The number of fused-ring (bicyclic) bond motifs is 1. The second kappa shape index (κ2) is 9.93. The zero-order valence-corrected chi connectivity index (χ0v) is 18.7. The van der Waals surface area contributed by atoms with Crippen LogP contribution >= 0.6 is 0 Å². The van der Waals surface area contributed by atoms with Crippen molar-refractivity contribution in [3.8, 4) is 28.7 Å². The molecule has 5 rings (SSSR count). The molecule has 172 valence electrons. The Morgan fingerprint density at radius 3 is 2.69 bits per heavy atom. The van der Waals surface area contributed by atoms with Gasteiger partial charge < -0.3 is 14.8 Å². The van der Waals surface area contributed by atoms with Crippen LogP contribution in [0.3, 0.4) is 0 Å². The number of anilines is 1. The van der Waals surface area contributed by atoms with Crippen molar-refractivity contribution in [2.75, 3.05) is 18.5 Å². The van der Waals surface area contributed by atoms with Crippen molar-refractivity contribution < 1.29 is 14.3 Å². The van der Waals surface area contributed by atoms with Gasteiger partial charge in [0.1, 0.15) is 24.9 Å². The molecule has 3 heterocycles. The molecule has 1 N–H and O–H groups in total. The first kappa shape index (κ1) is 21.9. The zero-order chi connectivity index (χ0) is 24.0. The Labute approximate surface area is 202 Å². The van der Waals surface area contributed by atoms with E-state index in [2.05, 4.69) is 15.4 Å². The topological polar surface area (TPSA) is 102 Å². The van der Waals surface area contributed by atoms with E-state index in [1.165, 1.54) is 6.08 Å². The van der Waals surface area contributed by atoms with Crippen LogP contribution < -0.4 is 14.8 Å². The lowest BCUT2D eigenvalue weighted by Crippen LogP contribution is -2.17. The summed E-state index contributed by atoms with van der Waals surface area (Å²) in [6.45, 7) is 1.47. The highest BCUT2D eigenvalue weighted by Crippen LogP contribution is 2.33. The van der Waals surface area contributed by atoms with Gasteiger partial charge in [0.15, 0.2) is 11.5 Å². The van der Waals surface area contributed by atoms with Crippen molar-refractivity contribution in [3.05, 3.63) is 96.1 Å². The van der Waals surface area contributed by atoms with Crippen LogP contribution in [0.1, 0.15) is 11.3 Å². The van der Waals surface area contributed by atoms with Crippen LogP contribution in [-0.2, 0) is 11.3 Å². The Bertz CT molecular complexity index is 1420. The maximum absolute atomic E-state index is 12.9. The summed E-state index contributed by atoms with van der Waals surface area (Å²) in [5.74, 6) is 0.629. The third kappa shape index (κ3) is 5.04. The smallest absolute Gasteiger partial charge is 0.266 e. The third-order valence-electron chi connectivity index (χ3n) is 5.40. The summed E-state index contributed by atoms with van der Waals surface area (Å²) in [7, 11) is 0. The van der Waals surface area contributed by atoms with E-state index in [9.17, 15) is 10.1 Å². The monoisotopic (exact) mass is 463 g/mol. The summed E-state index contributed by atoms with van der Waals surface area (Å²) in [5.41, 5.74) is 3.62. The van der Waals surface area contributed by atoms with E-state index in [1.54, 1.807) is 35.3 Å². The van der Waals surface area contributed by atoms with Crippen molar-refractivity contribution in [1.82, 2.24) is 14.8 Å². The first-order valence-electron chi connectivity index (χ1n) is 11.0. The molecular formula is C27H21N5O3. The minimum Gasteiger partial charge on any atom is -0.486 e. The number of carbonyl (C=O) groups excluding carboxylic acids is 1. The van der Waals surface area contributed by atoms with Gasteiger partial charge >= 0.3 is 0 Å². The Morgan fingerprint density at radius 2 is 1.91 bits per heavy atom. The quantitative estimate of drug-likeness (QED) is 0.338. The number of nitrogens with zero attached hydrogens (tertiary/aromatic N) is 4. The minimum absolute atomic E-state index is 0.0741. The van der Waals surface area contributed by atoms with Gasteiger partial charge in [-0.3, -0.25) is 14.5 Å². The molecule has 0 unspecified atom stereocenters. The van der Waals surface area contributed by atoms with E-state index < -0.39 is 5.91 Å². The lowest BCUT2D eigenvalue weighted by molar-refractivity contribution is -0.112. The molecule has 0 saturated carbocycles. The van der Waals surface area contributed by atoms with E-state index in [0.717, 1.165) is 16.7 Å². The van der Waals surface area contributed by atoms with Crippen LogP contribution in [-0.4, -0.2) is 33.9 Å². The molecule has 2 aromatic heterocycles. The maximum Gasteiger partial charge on any atom is 0.266 e. The van der Waals surface area contributed by atoms with Gasteiger partial charge in [0.05, 0.1) is 12.2 Å². The highest BCUT2D eigenvalue weighted by molar-refractivity contribution is 6.10. The summed E-state index contributed by atoms with van der Waals surface area (Å²) in [5, 5.41) is 17.2. The molecular weight excluding hydrogens is 442 g/mol. The average molecular weight is 463 g/mol. The number of rotatable bonds is 6. The fraction of sp³-hybridized carbons (Fsp3) is 0.111. The van der Waals surface area contributed by atoms with Gasteiger partial charge in [0.2, 0.25) is 0 Å². The molecule has 2 aromatic carbocycles. The number of carbonyl (C=O) groups is 1. The number of hydrogen-bond acceptors (Lipinski definition) is 6. The second-order valence-corrected chi connectivity index (χ2v) is 7.84. The van der Waals surface area contributed by atoms with Crippen LogP contribution in [0.5, 0.6) is 11.5 Å². The predicted molar refractivity (Wildman–Crippen MR) is 131 cm³/mol. The van der Waals surface area contributed by atoms with Gasteiger partial charge in [-0.25, -0.2) is 0 Å². The molecule has 0 fully saturated rings. The van der Waals surface area contributed by atoms with Crippen molar-refractivity contribution >= 4 is 17.7 Å². The predicted octanol–water partition coefficient (Wildman–Crippen LogP) is 4.31. The van der Waals surface area contributed by atoms with Crippen LogP contribution in [0.4, 0.5) is 5.69 Å².